The van der Waals surface area contributed by atoms with E-state index >= 15 is 0 Å². The van der Waals surface area contributed by atoms with Gasteiger partial charge in [-0.05, 0) is 23.6 Å². The average Bonchev–Trinajstić information content (AvgIpc) is 2.48. The van der Waals surface area contributed by atoms with Crippen LogP contribution in [-0.2, 0) is 16.1 Å². The number of benzene rings is 1. The SMILES string of the molecule is COCCN(CC(C)C)C(=O)c1ccc(CNC(C)=O)cc1. The van der Waals surface area contributed by atoms with Crippen LogP contribution >= 0.6 is 0 Å². The van der Waals surface area contributed by atoms with Crippen molar-refractivity contribution >= 4 is 11.8 Å². The summed E-state index contributed by atoms with van der Waals surface area (Å²) < 4.78 is 5.08. The summed E-state index contributed by atoms with van der Waals surface area (Å²) in [5, 5.41) is 2.74. The molecule has 0 radical (unpaired) electrons. The van der Waals surface area contributed by atoms with Gasteiger partial charge in [-0.15, -0.1) is 0 Å². The highest BCUT2D eigenvalue weighted by Gasteiger charge is 2.16. The number of nitrogens with one attached hydrogen (secondary N) is 1. The zero-order chi connectivity index (χ0) is 16.5. The molecule has 1 N–H and O–H groups in total. The quantitative estimate of drug-likeness (QED) is 0.800. The number of nitrogens with zero attached hydrogens (tertiary/aromatic N) is 1. The van der Waals surface area contributed by atoms with E-state index in [1.54, 1.807) is 19.2 Å². The van der Waals surface area contributed by atoms with Crippen molar-refractivity contribution < 1.29 is 14.3 Å². The Labute approximate surface area is 132 Å². The van der Waals surface area contributed by atoms with Crippen molar-refractivity contribution in [2.75, 3.05) is 26.8 Å². The summed E-state index contributed by atoms with van der Waals surface area (Å²) in [6.45, 7) is 7.95. The molecule has 0 unspecified atom stereocenters. The van der Waals surface area contributed by atoms with Gasteiger partial charge in [0.05, 0.1) is 6.61 Å². The van der Waals surface area contributed by atoms with Gasteiger partial charge in [0.15, 0.2) is 0 Å². The van der Waals surface area contributed by atoms with Crippen molar-refractivity contribution in [3.8, 4) is 0 Å². The van der Waals surface area contributed by atoms with Crippen molar-refractivity contribution in [3.05, 3.63) is 35.4 Å². The van der Waals surface area contributed by atoms with Gasteiger partial charge in [-0.1, -0.05) is 26.0 Å². The lowest BCUT2D eigenvalue weighted by molar-refractivity contribution is -0.119. The summed E-state index contributed by atoms with van der Waals surface area (Å²) in [6.07, 6.45) is 0. The van der Waals surface area contributed by atoms with Gasteiger partial charge in [0.2, 0.25) is 5.91 Å². The van der Waals surface area contributed by atoms with Crippen molar-refractivity contribution in [3.63, 3.8) is 0 Å². The van der Waals surface area contributed by atoms with Crippen LogP contribution in [0.25, 0.3) is 0 Å². The largest absolute Gasteiger partial charge is 0.383 e. The molecule has 0 fully saturated rings. The van der Waals surface area contributed by atoms with Gasteiger partial charge in [-0.25, -0.2) is 0 Å². The highest BCUT2D eigenvalue weighted by molar-refractivity contribution is 5.94. The van der Waals surface area contributed by atoms with Gasteiger partial charge < -0.3 is 15.0 Å². The molecule has 5 nitrogen and oxygen atoms in total. The van der Waals surface area contributed by atoms with Crippen LogP contribution in [0, 0.1) is 5.92 Å². The number of ether oxygens (including phenoxy) is 1. The summed E-state index contributed by atoms with van der Waals surface area (Å²) in [4.78, 5) is 25.3. The smallest absolute Gasteiger partial charge is 0.253 e. The first-order valence-corrected chi connectivity index (χ1v) is 7.55. The fourth-order valence-electron chi connectivity index (χ4n) is 2.09. The Morgan fingerprint density at radius 3 is 2.36 bits per heavy atom. The first-order valence-electron chi connectivity index (χ1n) is 7.55. The molecule has 122 valence electrons. The maximum atomic E-state index is 12.6. The molecule has 0 saturated carbocycles. The number of hydrogen-bond acceptors (Lipinski definition) is 3. The molecule has 0 spiro atoms. The van der Waals surface area contributed by atoms with E-state index in [9.17, 15) is 9.59 Å². The molecule has 0 aliphatic rings. The highest BCUT2D eigenvalue weighted by Crippen LogP contribution is 2.10. The summed E-state index contributed by atoms with van der Waals surface area (Å²) in [6, 6.07) is 7.35. The van der Waals surface area contributed by atoms with E-state index in [1.165, 1.54) is 6.92 Å². The zero-order valence-electron chi connectivity index (χ0n) is 13.9. The minimum Gasteiger partial charge on any atom is -0.383 e. The van der Waals surface area contributed by atoms with Gasteiger partial charge in [0.1, 0.15) is 0 Å². The lowest BCUT2D eigenvalue weighted by Gasteiger charge is -2.24. The first kappa shape index (κ1) is 18.2. The maximum absolute atomic E-state index is 12.6. The molecule has 0 aliphatic heterocycles. The molecule has 0 bridgehead atoms. The van der Waals surface area contributed by atoms with E-state index < -0.39 is 0 Å². The number of hydrogen-bond donors (Lipinski definition) is 1. The fraction of sp³-hybridized carbons (Fsp3) is 0.529. The number of carbonyl (C=O) groups excluding carboxylic acids is 2. The van der Waals surface area contributed by atoms with E-state index in [0.29, 0.717) is 37.7 Å². The monoisotopic (exact) mass is 306 g/mol. The third kappa shape index (κ3) is 6.26. The second-order valence-electron chi connectivity index (χ2n) is 5.74. The van der Waals surface area contributed by atoms with Crippen LogP contribution in [-0.4, -0.2) is 43.5 Å². The lowest BCUT2D eigenvalue weighted by atomic mass is 10.1. The maximum Gasteiger partial charge on any atom is 0.253 e. The van der Waals surface area contributed by atoms with Crippen molar-refractivity contribution in [1.82, 2.24) is 10.2 Å². The third-order valence-electron chi connectivity index (χ3n) is 3.18. The van der Waals surface area contributed by atoms with E-state index in [1.807, 2.05) is 17.0 Å². The second-order valence-corrected chi connectivity index (χ2v) is 5.74. The van der Waals surface area contributed by atoms with E-state index in [0.717, 1.165) is 5.56 Å². The van der Waals surface area contributed by atoms with Gasteiger partial charge in [0, 0.05) is 39.2 Å². The predicted molar refractivity (Wildman–Crippen MR) is 86.6 cm³/mol. The van der Waals surface area contributed by atoms with Gasteiger partial charge in [-0.3, -0.25) is 9.59 Å². The molecule has 0 heterocycles. The van der Waals surface area contributed by atoms with Crippen LogP contribution in [0.2, 0.25) is 0 Å². The molecule has 0 saturated heterocycles. The molecule has 5 heteroatoms. The minimum absolute atomic E-state index is 0.0110. The van der Waals surface area contributed by atoms with Crippen LogP contribution in [0.4, 0.5) is 0 Å². The molecule has 1 rings (SSSR count). The first-order chi connectivity index (χ1) is 10.4. The number of carbonyl (C=O) groups is 2. The Kier molecular flexibility index (Phi) is 7.60. The van der Waals surface area contributed by atoms with Crippen LogP contribution in [0.15, 0.2) is 24.3 Å². The van der Waals surface area contributed by atoms with Crippen molar-refractivity contribution in [1.29, 1.82) is 0 Å². The summed E-state index contributed by atoms with van der Waals surface area (Å²) in [5.74, 6) is 0.347. The van der Waals surface area contributed by atoms with E-state index in [-0.39, 0.29) is 11.8 Å². The molecular formula is C17H26N2O3. The molecule has 22 heavy (non-hydrogen) atoms. The summed E-state index contributed by atoms with van der Waals surface area (Å²) in [5.41, 5.74) is 1.63. The number of methoxy groups -OCH3 is 1. The third-order valence-corrected chi connectivity index (χ3v) is 3.18. The Morgan fingerprint density at radius 2 is 1.86 bits per heavy atom. The molecule has 1 aromatic rings. The topological polar surface area (TPSA) is 58.6 Å². The molecule has 1 aromatic carbocycles. The molecule has 0 atom stereocenters. The van der Waals surface area contributed by atoms with Gasteiger partial charge in [-0.2, -0.15) is 0 Å². The Morgan fingerprint density at radius 1 is 1.23 bits per heavy atom. The molecule has 0 aliphatic carbocycles. The fourth-order valence-corrected chi connectivity index (χ4v) is 2.09. The van der Waals surface area contributed by atoms with Crippen molar-refractivity contribution in [2.45, 2.75) is 27.3 Å². The van der Waals surface area contributed by atoms with Gasteiger partial charge >= 0.3 is 0 Å². The summed E-state index contributed by atoms with van der Waals surface area (Å²) >= 11 is 0. The normalized spacial score (nSPS) is 10.6. The van der Waals surface area contributed by atoms with E-state index in [2.05, 4.69) is 19.2 Å². The van der Waals surface area contributed by atoms with Crippen LogP contribution < -0.4 is 5.32 Å². The number of amides is 2. The predicted octanol–water partition coefficient (Wildman–Crippen LogP) is 2.07. The average molecular weight is 306 g/mol. The lowest BCUT2D eigenvalue weighted by Crippen LogP contribution is -2.36. The standard InChI is InChI=1S/C17H26N2O3/c1-13(2)12-19(9-10-22-4)17(21)16-7-5-15(6-8-16)11-18-14(3)20/h5-8,13H,9-12H2,1-4H3,(H,18,20). The zero-order valence-corrected chi connectivity index (χ0v) is 13.9. The summed E-state index contributed by atoms with van der Waals surface area (Å²) in [7, 11) is 1.63. The highest BCUT2D eigenvalue weighted by atomic mass is 16.5. The molecular weight excluding hydrogens is 280 g/mol. The Balaban J connectivity index is 2.73. The molecule has 2 amide bonds. The Hall–Kier alpha value is -1.88. The van der Waals surface area contributed by atoms with Crippen LogP contribution in [0.1, 0.15) is 36.7 Å². The van der Waals surface area contributed by atoms with E-state index in [4.69, 9.17) is 4.74 Å². The minimum atomic E-state index is -0.0668. The van der Waals surface area contributed by atoms with Crippen LogP contribution in [0.5, 0.6) is 0 Å². The number of rotatable bonds is 8. The second kappa shape index (κ2) is 9.20. The molecule has 0 aromatic heterocycles. The van der Waals surface area contributed by atoms with Gasteiger partial charge in [0.25, 0.3) is 5.91 Å². The Bertz CT molecular complexity index is 483. The van der Waals surface area contributed by atoms with Crippen molar-refractivity contribution in [2.24, 2.45) is 5.92 Å². The van der Waals surface area contributed by atoms with Crippen LogP contribution in [0.3, 0.4) is 0 Å².